The molecule has 0 saturated heterocycles. The summed E-state index contributed by atoms with van der Waals surface area (Å²) in [5, 5.41) is 0. The molecule has 0 fully saturated rings. The fraction of sp³-hybridized carbons (Fsp3) is 0.214. The van der Waals surface area contributed by atoms with Gasteiger partial charge < -0.3 is 28.4 Å². The van der Waals surface area contributed by atoms with E-state index in [-0.39, 0.29) is 24.8 Å². The first kappa shape index (κ1) is 24.7. The Kier molecular flexibility index (Phi) is 7.44. The number of benzene rings is 3. The number of hydrogen-bond donors (Lipinski definition) is 0. The van der Waals surface area contributed by atoms with Crippen LogP contribution < -0.4 is 23.7 Å². The number of ketones is 1. The molecule has 0 unspecified atom stereocenters. The second-order valence-electron chi connectivity index (χ2n) is 7.89. The van der Waals surface area contributed by atoms with Gasteiger partial charge in [0.15, 0.2) is 23.9 Å². The minimum Gasteiger partial charge on any atom is -0.496 e. The minimum atomic E-state index is -0.503. The Bertz CT molecular complexity index is 1310. The minimum absolute atomic E-state index is 0.123. The summed E-state index contributed by atoms with van der Waals surface area (Å²) >= 11 is 0. The van der Waals surface area contributed by atoms with E-state index in [9.17, 15) is 9.59 Å². The summed E-state index contributed by atoms with van der Waals surface area (Å²) in [6, 6.07) is 16.0. The van der Waals surface area contributed by atoms with Crippen molar-refractivity contribution in [3.8, 4) is 28.7 Å². The lowest BCUT2D eigenvalue weighted by molar-refractivity contribution is -0.147. The SMILES string of the molecule is COc1cc(OC)c(OC)cc1/C=C1\Oc2c(ccc(OCC(=O)OCc3ccccc3)c2C)C1=O. The molecular formula is C28H26O8. The highest BCUT2D eigenvalue weighted by molar-refractivity contribution is 6.15. The van der Waals surface area contributed by atoms with E-state index in [0.717, 1.165) is 5.56 Å². The predicted molar refractivity (Wildman–Crippen MR) is 132 cm³/mol. The molecule has 0 atom stereocenters. The molecule has 3 aromatic rings. The zero-order valence-electron chi connectivity index (χ0n) is 20.5. The van der Waals surface area contributed by atoms with Gasteiger partial charge in [-0.3, -0.25) is 4.79 Å². The van der Waals surface area contributed by atoms with Crippen LogP contribution in [0.2, 0.25) is 0 Å². The van der Waals surface area contributed by atoms with E-state index >= 15 is 0 Å². The number of allylic oxidation sites excluding steroid dienone is 1. The number of ether oxygens (including phenoxy) is 6. The number of esters is 1. The van der Waals surface area contributed by atoms with E-state index < -0.39 is 5.97 Å². The summed E-state index contributed by atoms with van der Waals surface area (Å²) in [6.07, 6.45) is 1.59. The van der Waals surface area contributed by atoms with E-state index in [0.29, 0.717) is 45.4 Å². The van der Waals surface area contributed by atoms with Crippen molar-refractivity contribution in [3.05, 3.63) is 82.6 Å². The van der Waals surface area contributed by atoms with Crippen LogP contribution >= 0.6 is 0 Å². The number of fused-ring (bicyclic) bond motifs is 1. The van der Waals surface area contributed by atoms with Gasteiger partial charge >= 0.3 is 5.97 Å². The molecule has 8 heteroatoms. The first-order valence-corrected chi connectivity index (χ1v) is 11.1. The molecule has 3 aromatic carbocycles. The van der Waals surface area contributed by atoms with Gasteiger partial charge in [-0.05, 0) is 36.8 Å². The summed E-state index contributed by atoms with van der Waals surface area (Å²) in [4.78, 5) is 25.2. The van der Waals surface area contributed by atoms with Crippen LogP contribution in [0.3, 0.4) is 0 Å². The van der Waals surface area contributed by atoms with Crippen LogP contribution in [0, 0.1) is 6.92 Å². The maximum atomic E-state index is 13.0. The number of Topliss-reactive ketones (excluding diaryl/α,β-unsaturated/α-hetero) is 1. The van der Waals surface area contributed by atoms with Crippen LogP contribution in [0.15, 0.2) is 60.4 Å². The van der Waals surface area contributed by atoms with Crippen molar-refractivity contribution < 1.29 is 38.0 Å². The monoisotopic (exact) mass is 490 g/mol. The van der Waals surface area contributed by atoms with Gasteiger partial charge in [-0.25, -0.2) is 4.79 Å². The van der Waals surface area contributed by atoms with Gasteiger partial charge in [0.1, 0.15) is 23.9 Å². The van der Waals surface area contributed by atoms with E-state index in [4.69, 9.17) is 28.4 Å². The molecule has 8 nitrogen and oxygen atoms in total. The lowest BCUT2D eigenvalue weighted by atomic mass is 10.1. The first-order chi connectivity index (χ1) is 17.4. The number of methoxy groups -OCH3 is 3. The van der Waals surface area contributed by atoms with Crippen molar-refractivity contribution in [2.24, 2.45) is 0 Å². The van der Waals surface area contributed by atoms with E-state index in [1.807, 2.05) is 30.3 Å². The quantitative estimate of drug-likeness (QED) is 0.313. The second-order valence-corrected chi connectivity index (χ2v) is 7.89. The molecule has 4 rings (SSSR count). The lowest BCUT2D eigenvalue weighted by Gasteiger charge is -2.12. The Morgan fingerprint density at radius 1 is 0.889 bits per heavy atom. The summed E-state index contributed by atoms with van der Waals surface area (Å²) in [7, 11) is 4.58. The average Bonchev–Trinajstić information content (AvgIpc) is 3.23. The zero-order valence-corrected chi connectivity index (χ0v) is 20.5. The largest absolute Gasteiger partial charge is 0.496 e. The highest BCUT2D eigenvalue weighted by Crippen LogP contribution is 2.41. The normalized spacial score (nSPS) is 13.1. The van der Waals surface area contributed by atoms with Crippen molar-refractivity contribution in [3.63, 3.8) is 0 Å². The van der Waals surface area contributed by atoms with Crippen molar-refractivity contribution >= 4 is 17.8 Å². The van der Waals surface area contributed by atoms with Gasteiger partial charge in [0.05, 0.1) is 26.9 Å². The summed E-state index contributed by atoms with van der Waals surface area (Å²) in [6.45, 7) is 1.65. The maximum Gasteiger partial charge on any atom is 0.344 e. The molecule has 36 heavy (non-hydrogen) atoms. The van der Waals surface area contributed by atoms with Gasteiger partial charge in [0.2, 0.25) is 5.78 Å². The van der Waals surface area contributed by atoms with Crippen LogP contribution in [0.4, 0.5) is 0 Å². The third-order valence-electron chi connectivity index (χ3n) is 5.65. The molecular weight excluding hydrogens is 464 g/mol. The summed E-state index contributed by atoms with van der Waals surface area (Å²) in [5.41, 5.74) is 2.47. The zero-order chi connectivity index (χ0) is 25.7. The number of rotatable bonds is 9. The molecule has 0 bridgehead atoms. The maximum absolute atomic E-state index is 13.0. The van der Waals surface area contributed by atoms with E-state index in [1.54, 1.807) is 37.3 Å². The topological polar surface area (TPSA) is 89.5 Å². The third-order valence-corrected chi connectivity index (χ3v) is 5.65. The third kappa shape index (κ3) is 5.12. The molecule has 0 spiro atoms. The molecule has 0 amide bonds. The highest BCUT2D eigenvalue weighted by Gasteiger charge is 2.31. The smallest absolute Gasteiger partial charge is 0.344 e. The molecule has 1 heterocycles. The van der Waals surface area contributed by atoms with Crippen molar-refractivity contribution in [1.82, 2.24) is 0 Å². The molecule has 186 valence electrons. The lowest BCUT2D eigenvalue weighted by Crippen LogP contribution is -2.15. The van der Waals surface area contributed by atoms with Crippen molar-refractivity contribution in [2.45, 2.75) is 13.5 Å². The molecule has 0 saturated carbocycles. The van der Waals surface area contributed by atoms with Crippen LogP contribution in [0.1, 0.15) is 27.0 Å². The fourth-order valence-electron chi connectivity index (χ4n) is 3.75. The van der Waals surface area contributed by atoms with Crippen molar-refractivity contribution in [2.75, 3.05) is 27.9 Å². The van der Waals surface area contributed by atoms with Crippen LogP contribution in [-0.2, 0) is 16.1 Å². The first-order valence-electron chi connectivity index (χ1n) is 11.1. The molecule has 0 aliphatic carbocycles. The number of carbonyl (C=O) groups excluding carboxylic acids is 2. The molecule has 1 aliphatic heterocycles. The van der Waals surface area contributed by atoms with Crippen LogP contribution in [-0.4, -0.2) is 39.7 Å². The van der Waals surface area contributed by atoms with Gasteiger partial charge in [0.25, 0.3) is 0 Å². The Hall–Kier alpha value is -4.46. The van der Waals surface area contributed by atoms with E-state index in [1.165, 1.54) is 21.3 Å². The summed E-state index contributed by atoms with van der Waals surface area (Å²) < 4.78 is 33.0. The number of carbonyl (C=O) groups is 2. The van der Waals surface area contributed by atoms with Crippen molar-refractivity contribution in [1.29, 1.82) is 0 Å². The highest BCUT2D eigenvalue weighted by atomic mass is 16.6. The second kappa shape index (κ2) is 10.9. The van der Waals surface area contributed by atoms with E-state index in [2.05, 4.69) is 0 Å². The number of hydrogen-bond acceptors (Lipinski definition) is 8. The Labute approximate surface area is 209 Å². The van der Waals surface area contributed by atoms with Gasteiger partial charge in [-0.1, -0.05) is 30.3 Å². The Morgan fingerprint density at radius 3 is 2.28 bits per heavy atom. The fourth-order valence-corrected chi connectivity index (χ4v) is 3.75. The van der Waals surface area contributed by atoms with Gasteiger partial charge in [-0.15, -0.1) is 0 Å². The average molecular weight is 491 g/mol. The standard InChI is InChI=1S/C28H26O8/c1-17-21(34-16-26(29)35-15-18-8-6-5-7-9-18)11-10-20-27(30)25(36-28(17)20)13-19-12-23(32-3)24(33-4)14-22(19)31-2/h5-14H,15-16H2,1-4H3/b25-13-. The Morgan fingerprint density at radius 2 is 1.58 bits per heavy atom. The molecule has 0 N–H and O–H groups in total. The van der Waals surface area contributed by atoms with Gasteiger partial charge in [0, 0.05) is 17.2 Å². The van der Waals surface area contributed by atoms with Gasteiger partial charge in [-0.2, -0.15) is 0 Å². The predicted octanol–water partition coefficient (Wildman–Crippen LogP) is 4.76. The molecule has 0 aromatic heterocycles. The van der Waals surface area contributed by atoms with Crippen LogP contribution in [0.25, 0.3) is 6.08 Å². The molecule has 1 aliphatic rings. The molecule has 0 radical (unpaired) electrons. The summed E-state index contributed by atoms with van der Waals surface area (Å²) in [5.74, 6) is 1.61. The Balaban J connectivity index is 1.49. The van der Waals surface area contributed by atoms with Crippen LogP contribution in [0.5, 0.6) is 28.7 Å².